The number of amides is 1. The van der Waals surface area contributed by atoms with Crippen molar-refractivity contribution < 1.29 is 29.3 Å². The van der Waals surface area contributed by atoms with Crippen molar-refractivity contribution in [2.24, 2.45) is 0 Å². The number of benzene rings is 2. The van der Waals surface area contributed by atoms with E-state index in [0.29, 0.717) is 11.5 Å². The molecular formula is C20H23NO6. The molecule has 0 saturated heterocycles. The largest absolute Gasteiger partial charge is 0.508 e. The van der Waals surface area contributed by atoms with Crippen LogP contribution < -0.4 is 10.1 Å². The fourth-order valence-corrected chi connectivity index (χ4v) is 2.23. The number of carbonyl (C=O) groups is 2. The summed E-state index contributed by atoms with van der Waals surface area (Å²) in [6.07, 6.45) is -0.671. The molecule has 0 aliphatic rings. The lowest BCUT2D eigenvalue weighted by Crippen LogP contribution is -2.44. The quantitative estimate of drug-likeness (QED) is 0.713. The molecule has 144 valence electrons. The lowest BCUT2D eigenvalue weighted by Gasteiger charge is -2.22. The number of phenolic OH excluding ortho intramolecular Hbond substituents is 1. The van der Waals surface area contributed by atoms with Crippen LogP contribution in [0.3, 0.4) is 0 Å². The first kappa shape index (κ1) is 20.1. The highest BCUT2D eigenvalue weighted by Crippen LogP contribution is 2.24. The number of carboxylic acids is 1. The highest BCUT2D eigenvalue weighted by molar-refractivity contribution is 5.80. The molecule has 7 heteroatoms. The van der Waals surface area contributed by atoms with E-state index in [2.05, 4.69) is 5.32 Å². The Labute approximate surface area is 157 Å². The Morgan fingerprint density at radius 1 is 1.00 bits per heavy atom. The van der Waals surface area contributed by atoms with E-state index in [0.717, 1.165) is 5.56 Å². The molecule has 0 saturated carbocycles. The molecular weight excluding hydrogens is 350 g/mol. The van der Waals surface area contributed by atoms with Crippen molar-refractivity contribution in [3.8, 4) is 17.2 Å². The number of hydrogen-bond donors (Lipinski definition) is 3. The molecule has 1 amide bonds. The molecule has 2 rings (SSSR count). The van der Waals surface area contributed by atoms with Crippen molar-refractivity contribution in [1.29, 1.82) is 0 Å². The molecule has 0 aliphatic carbocycles. The summed E-state index contributed by atoms with van der Waals surface area (Å²) in [5, 5.41) is 21.0. The molecule has 1 atom stereocenters. The molecule has 0 bridgehead atoms. The van der Waals surface area contributed by atoms with Crippen molar-refractivity contribution in [2.45, 2.75) is 38.8 Å². The first-order valence-electron chi connectivity index (χ1n) is 8.40. The summed E-state index contributed by atoms with van der Waals surface area (Å²) in [5.74, 6) is 0.132. The minimum atomic E-state index is -1.15. The average molecular weight is 373 g/mol. The summed E-state index contributed by atoms with van der Waals surface area (Å²) in [5.41, 5.74) is 0.0110. The third-order valence-corrected chi connectivity index (χ3v) is 3.42. The Morgan fingerprint density at radius 3 is 2.00 bits per heavy atom. The number of aliphatic carboxylic acids is 1. The number of carboxylic acid groups (broad SMARTS) is 1. The van der Waals surface area contributed by atoms with Crippen LogP contribution in [-0.4, -0.2) is 33.9 Å². The highest BCUT2D eigenvalue weighted by atomic mass is 16.6. The van der Waals surface area contributed by atoms with Gasteiger partial charge in [0.2, 0.25) is 0 Å². The number of rotatable bonds is 6. The van der Waals surface area contributed by atoms with Gasteiger partial charge in [0.15, 0.2) is 0 Å². The third kappa shape index (κ3) is 6.89. The van der Waals surface area contributed by atoms with Gasteiger partial charge in [-0.3, -0.25) is 0 Å². The second-order valence-corrected chi connectivity index (χ2v) is 6.98. The minimum Gasteiger partial charge on any atom is -0.508 e. The first-order valence-corrected chi connectivity index (χ1v) is 8.40. The van der Waals surface area contributed by atoms with E-state index in [1.165, 1.54) is 12.1 Å². The highest BCUT2D eigenvalue weighted by Gasteiger charge is 2.24. The Hall–Kier alpha value is -3.22. The van der Waals surface area contributed by atoms with E-state index in [1.807, 2.05) is 0 Å². The van der Waals surface area contributed by atoms with Gasteiger partial charge in [-0.1, -0.05) is 12.1 Å². The first-order chi connectivity index (χ1) is 12.6. The molecule has 3 N–H and O–H groups in total. The Morgan fingerprint density at radius 2 is 1.52 bits per heavy atom. The summed E-state index contributed by atoms with van der Waals surface area (Å²) >= 11 is 0. The number of nitrogens with one attached hydrogen (secondary N) is 1. The predicted octanol–water partition coefficient (Wildman–Crippen LogP) is 3.70. The summed E-state index contributed by atoms with van der Waals surface area (Å²) in [6, 6.07) is 12.0. The molecule has 7 nitrogen and oxygen atoms in total. The van der Waals surface area contributed by atoms with Crippen LogP contribution in [0.15, 0.2) is 48.5 Å². The van der Waals surface area contributed by atoms with Gasteiger partial charge in [0.05, 0.1) is 0 Å². The van der Waals surface area contributed by atoms with Crippen molar-refractivity contribution in [3.05, 3.63) is 54.1 Å². The van der Waals surface area contributed by atoms with E-state index >= 15 is 0 Å². The van der Waals surface area contributed by atoms with Crippen LogP contribution in [0.2, 0.25) is 0 Å². The van der Waals surface area contributed by atoms with E-state index in [-0.39, 0.29) is 12.2 Å². The van der Waals surface area contributed by atoms with Gasteiger partial charge in [-0.05, 0) is 62.7 Å². The second-order valence-electron chi connectivity index (χ2n) is 6.98. The molecule has 2 aromatic rings. The van der Waals surface area contributed by atoms with Crippen LogP contribution in [0.4, 0.5) is 4.79 Å². The molecule has 0 unspecified atom stereocenters. The van der Waals surface area contributed by atoms with Gasteiger partial charge < -0.3 is 25.0 Å². The average Bonchev–Trinajstić information content (AvgIpc) is 2.56. The molecule has 0 aromatic heterocycles. The second kappa shape index (κ2) is 8.44. The van der Waals surface area contributed by atoms with Crippen molar-refractivity contribution in [2.75, 3.05) is 0 Å². The van der Waals surface area contributed by atoms with E-state index in [9.17, 15) is 19.8 Å². The molecule has 0 heterocycles. The van der Waals surface area contributed by atoms with Gasteiger partial charge in [-0.25, -0.2) is 9.59 Å². The van der Waals surface area contributed by atoms with Crippen LogP contribution in [0.25, 0.3) is 0 Å². The number of hydrogen-bond acceptors (Lipinski definition) is 5. The predicted molar refractivity (Wildman–Crippen MR) is 99.1 cm³/mol. The normalized spacial score (nSPS) is 12.1. The van der Waals surface area contributed by atoms with Crippen LogP contribution >= 0.6 is 0 Å². The number of ether oxygens (including phenoxy) is 2. The van der Waals surface area contributed by atoms with E-state index in [1.54, 1.807) is 57.2 Å². The van der Waals surface area contributed by atoms with Gasteiger partial charge in [0.25, 0.3) is 0 Å². The minimum absolute atomic E-state index is 0.105. The monoisotopic (exact) mass is 373 g/mol. The smallest absolute Gasteiger partial charge is 0.408 e. The number of carbonyl (C=O) groups excluding carboxylic acids is 1. The van der Waals surface area contributed by atoms with Crippen LogP contribution in [0.1, 0.15) is 26.3 Å². The fourth-order valence-electron chi connectivity index (χ4n) is 2.23. The molecule has 0 fully saturated rings. The van der Waals surface area contributed by atoms with Crippen molar-refractivity contribution in [3.63, 3.8) is 0 Å². The SMILES string of the molecule is CC(C)(C)OC(=O)N[C@H](Cc1ccc(Oc2ccc(O)cc2)cc1)C(=O)O. The van der Waals surface area contributed by atoms with E-state index < -0.39 is 23.7 Å². The van der Waals surface area contributed by atoms with Gasteiger partial charge in [-0.15, -0.1) is 0 Å². The van der Waals surface area contributed by atoms with Crippen molar-refractivity contribution >= 4 is 12.1 Å². The number of aromatic hydroxyl groups is 1. The number of alkyl carbamates (subject to hydrolysis) is 1. The summed E-state index contributed by atoms with van der Waals surface area (Å²) in [4.78, 5) is 23.2. The maximum atomic E-state index is 11.8. The molecule has 0 radical (unpaired) electrons. The summed E-state index contributed by atoms with van der Waals surface area (Å²) < 4.78 is 10.7. The zero-order valence-electron chi connectivity index (χ0n) is 15.4. The standard InChI is InChI=1S/C20H23NO6/c1-20(2,3)27-19(25)21-17(18(23)24)12-13-4-8-15(9-5-13)26-16-10-6-14(22)7-11-16/h4-11,17,22H,12H2,1-3H3,(H,21,25)(H,23,24)/t17-/m1/s1. The van der Waals surface area contributed by atoms with Crippen molar-refractivity contribution in [1.82, 2.24) is 5.32 Å². The number of phenols is 1. The van der Waals surface area contributed by atoms with Crippen LogP contribution in [0.5, 0.6) is 17.2 Å². The molecule has 0 aliphatic heterocycles. The Kier molecular flexibility index (Phi) is 6.28. The molecule has 27 heavy (non-hydrogen) atoms. The Balaban J connectivity index is 1.98. The van der Waals surface area contributed by atoms with Gasteiger partial charge in [0.1, 0.15) is 28.9 Å². The zero-order valence-corrected chi connectivity index (χ0v) is 15.4. The molecule has 2 aromatic carbocycles. The molecule has 0 spiro atoms. The topological polar surface area (TPSA) is 105 Å². The maximum Gasteiger partial charge on any atom is 0.408 e. The fraction of sp³-hybridized carbons (Fsp3) is 0.300. The lowest BCUT2D eigenvalue weighted by atomic mass is 10.1. The summed E-state index contributed by atoms with van der Waals surface area (Å²) in [6.45, 7) is 5.11. The lowest BCUT2D eigenvalue weighted by molar-refractivity contribution is -0.139. The van der Waals surface area contributed by atoms with Gasteiger partial charge in [-0.2, -0.15) is 0 Å². The van der Waals surface area contributed by atoms with Crippen LogP contribution in [-0.2, 0) is 16.0 Å². The van der Waals surface area contributed by atoms with Crippen LogP contribution in [0, 0.1) is 0 Å². The van der Waals surface area contributed by atoms with Gasteiger partial charge in [0, 0.05) is 6.42 Å². The summed E-state index contributed by atoms with van der Waals surface area (Å²) in [7, 11) is 0. The third-order valence-electron chi connectivity index (χ3n) is 3.42. The van der Waals surface area contributed by atoms with Gasteiger partial charge >= 0.3 is 12.1 Å². The Bertz CT molecular complexity index is 778. The van der Waals surface area contributed by atoms with E-state index in [4.69, 9.17) is 9.47 Å². The zero-order chi connectivity index (χ0) is 20.0. The maximum absolute atomic E-state index is 11.8.